The van der Waals surface area contributed by atoms with E-state index in [1.807, 2.05) is 13.8 Å². The minimum absolute atomic E-state index is 0. The number of rotatable bonds is 14. The van der Waals surface area contributed by atoms with Crippen LogP contribution in [0.1, 0.15) is 140 Å². The van der Waals surface area contributed by atoms with Crippen molar-refractivity contribution in [3.05, 3.63) is 0 Å². The van der Waals surface area contributed by atoms with Crippen LogP contribution in [0.15, 0.2) is 0 Å². The number of unbranched alkanes of at least 4 members (excludes halogenated alkanes) is 6. The predicted molar refractivity (Wildman–Crippen MR) is 144 cm³/mol. The van der Waals surface area contributed by atoms with E-state index < -0.39 is 23.1 Å². The van der Waals surface area contributed by atoms with Crippen molar-refractivity contribution in [2.24, 2.45) is 10.8 Å². The molecule has 33 heavy (non-hydrogen) atoms. The molecule has 188 valence electrons. The quantitative estimate of drug-likeness (QED) is 0.118. The van der Waals surface area contributed by atoms with E-state index in [1.165, 1.54) is 25.7 Å². The van der Waals surface area contributed by atoms with Crippen LogP contribution in [-0.4, -0.2) is 93.4 Å². The molecule has 0 N–H and O–H groups in total. The van der Waals surface area contributed by atoms with E-state index >= 15 is 0 Å². The maximum absolute atomic E-state index is 12.7. The van der Waals surface area contributed by atoms with Gasteiger partial charge in [-0.25, -0.2) is 0 Å². The second-order valence-corrected chi connectivity index (χ2v) is 11.7. The monoisotopic (exact) mass is 488 g/mol. The van der Waals surface area contributed by atoms with Crippen molar-refractivity contribution >= 4 is 82.2 Å². The van der Waals surface area contributed by atoms with Crippen molar-refractivity contribution in [3.8, 4) is 0 Å². The van der Waals surface area contributed by atoms with Gasteiger partial charge in [-0.3, -0.25) is 9.59 Å². The molecule has 0 rings (SSSR count). The summed E-state index contributed by atoms with van der Waals surface area (Å²) in [5.41, 5.74) is -1.63. The average Bonchev–Trinajstić information content (AvgIpc) is 2.60. The van der Waals surface area contributed by atoms with E-state index in [1.54, 1.807) is 0 Å². The normalized spacial score (nSPS) is 15.3. The summed E-state index contributed by atoms with van der Waals surface area (Å²) in [6, 6.07) is 0. The zero-order valence-electron chi connectivity index (χ0n) is 22.4. The molecular weight excluding hydrogens is 434 g/mol. The number of carbonyl (C=O) groups excluding carboxylic acids is 2. The Hall–Kier alpha value is 1.17. The molecule has 0 aromatic heterocycles. The fraction of sp³-hybridized carbons (Fsp3) is 0.926. The van der Waals surface area contributed by atoms with Crippen LogP contribution in [0.5, 0.6) is 0 Å². The Kier molecular flexibility index (Phi) is 20.6. The number of hydrogen-bond acceptors (Lipinski definition) is 4. The van der Waals surface area contributed by atoms with Gasteiger partial charge in [-0.05, 0) is 39.5 Å². The van der Waals surface area contributed by atoms with Gasteiger partial charge in [0, 0.05) is 10.8 Å². The van der Waals surface area contributed by atoms with Crippen molar-refractivity contribution in [2.75, 3.05) is 0 Å². The number of carbonyl (C=O) groups is 2. The molecule has 0 fully saturated rings. The first kappa shape index (κ1) is 38.7. The third-order valence-electron chi connectivity index (χ3n) is 7.15. The van der Waals surface area contributed by atoms with Crippen LogP contribution in [0.2, 0.25) is 0 Å². The first-order valence-electron chi connectivity index (χ1n) is 12.6. The maximum atomic E-state index is 12.7. The summed E-state index contributed by atoms with van der Waals surface area (Å²) in [5, 5.41) is 0. The second kappa shape index (κ2) is 17.6. The molecule has 0 spiro atoms. The summed E-state index contributed by atoms with van der Waals surface area (Å²) >= 11 is 0. The van der Waals surface area contributed by atoms with Crippen LogP contribution in [-0.2, 0) is 19.1 Å². The molecule has 6 heteroatoms. The van der Waals surface area contributed by atoms with Crippen LogP contribution in [0, 0.1) is 10.8 Å². The average molecular weight is 489 g/mol. The van der Waals surface area contributed by atoms with Gasteiger partial charge in [0.2, 0.25) is 0 Å². The van der Waals surface area contributed by atoms with Gasteiger partial charge in [-0.15, -0.1) is 0 Å². The molecule has 0 radical (unpaired) electrons. The predicted octanol–water partition coefficient (Wildman–Crippen LogP) is 6.72. The number of ether oxygens (including phenoxy) is 2. The molecule has 0 saturated carbocycles. The van der Waals surface area contributed by atoms with E-state index in [-0.39, 0.29) is 87.5 Å². The van der Waals surface area contributed by atoms with Crippen LogP contribution in [0.3, 0.4) is 0 Å². The molecule has 2 atom stereocenters. The molecule has 0 saturated heterocycles. The van der Waals surface area contributed by atoms with Crippen LogP contribution < -0.4 is 0 Å². The summed E-state index contributed by atoms with van der Waals surface area (Å²) < 4.78 is 11.9. The third-order valence-corrected chi connectivity index (χ3v) is 7.15. The van der Waals surface area contributed by atoms with Gasteiger partial charge >= 0.3 is 82.2 Å². The fourth-order valence-electron chi connectivity index (χ4n) is 3.63. The summed E-state index contributed by atoms with van der Waals surface area (Å²) in [7, 11) is 0. The SMILES string of the molecule is CCCCCCC(C)(OC(=O)CC(=O)OC(C)(CCCCCC)C(C)(C)C)C(C)(C)C.[KH].[LiH]. The molecule has 4 nitrogen and oxygen atoms in total. The van der Waals surface area contributed by atoms with Gasteiger partial charge in [0.15, 0.2) is 0 Å². The topological polar surface area (TPSA) is 52.6 Å². The molecule has 0 aliphatic carbocycles. The van der Waals surface area contributed by atoms with E-state index in [2.05, 4.69) is 55.4 Å². The fourth-order valence-corrected chi connectivity index (χ4v) is 3.63. The van der Waals surface area contributed by atoms with E-state index in [4.69, 9.17) is 9.47 Å². The van der Waals surface area contributed by atoms with E-state index in [0.29, 0.717) is 0 Å². The van der Waals surface area contributed by atoms with Crippen molar-refractivity contribution in [1.29, 1.82) is 0 Å². The zero-order chi connectivity index (χ0) is 24.3. The molecule has 0 aliphatic heterocycles. The van der Waals surface area contributed by atoms with Crippen molar-refractivity contribution in [2.45, 2.75) is 151 Å². The van der Waals surface area contributed by atoms with Crippen molar-refractivity contribution in [1.82, 2.24) is 0 Å². The summed E-state index contributed by atoms with van der Waals surface area (Å²) in [6.45, 7) is 20.9. The van der Waals surface area contributed by atoms with Gasteiger partial charge in [-0.2, -0.15) is 0 Å². The molecule has 0 aliphatic rings. The number of hydrogen-bond donors (Lipinski definition) is 0. The molecule has 0 aromatic carbocycles. The molecule has 0 heterocycles. The first-order chi connectivity index (χ1) is 14.1. The van der Waals surface area contributed by atoms with Crippen LogP contribution in [0.25, 0.3) is 0 Å². The Bertz CT molecular complexity index is 505. The summed E-state index contributed by atoms with van der Waals surface area (Å²) in [6.07, 6.45) is 10.3. The van der Waals surface area contributed by atoms with E-state index in [9.17, 15) is 9.59 Å². The van der Waals surface area contributed by atoms with Crippen LogP contribution >= 0.6 is 0 Å². The summed E-state index contributed by atoms with van der Waals surface area (Å²) in [5.74, 6) is -0.972. The minimum atomic E-state index is -0.606. The van der Waals surface area contributed by atoms with Gasteiger partial charge in [0.25, 0.3) is 0 Å². The Morgan fingerprint density at radius 2 is 0.879 bits per heavy atom. The second-order valence-electron chi connectivity index (χ2n) is 11.7. The zero-order valence-corrected chi connectivity index (χ0v) is 22.4. The summed E-state index contributed by atoms with van der Waals surface area (Å²) in [4.78, 5) is 25.4. The Balaban J connectivity index is -0.00000450. The van der Waals surface area contributed by atoms with Gasteiger partial charge in [0.05, 0.1) is 0 Å². The number of esters is 2. The Morgan fingerprint density at radius 1 is 0.576 bits per heavy atom. The Morgan fingerprint density at radius 3 is 1.12 bits per heavy atom. The van der Waals surface area contributed by atoms with Gasteiger partial charge in [-0.1, -0.05) is 93.9 Å². The van der Waals surface area contributed by atoms with Crippen LogP contribution in [0.4, 0.5) is 0 Å². The molecule has 0 amide bonds. The molecule has 0 aromatic rings. The van der Waals surface area contributed by atoms with E-state index in [0.717, 1.165) is 38.5 Å². The van der Waals surface area contributed by atoms with Gasteiger partial charge in [0.1, 0.15) is 17.6 Å². The Labute approximate surface area is 260 Å². The van der Waals surface area contributed by atoms with Crippen molar-refractivity contribution in [3.63, 3.8) is 0 Å². The molecule has 0 bridgehead atoms. The standard InChI is InChI=1S/C27H52O4.K.Li.2H/c1-11-13-15-17-19-26(9,24(3,4)5)30-22(28)21-23(29)31-27(10,25(6,7)8)20-18-16-14-12-2;;;;/h11-21H2,1-10H3;;;;. The first-order valence-corrected chi connectivity index (χ1v) is 12.6. The third kappa shape index (κ3) is 14.5. The molecular formula is C27H54KLiO4. The molecule has 2 unspecified atom stereocenters. The van der Waals surface area contributed by atoms with Crippen molar-refractivity contribution < 1.29 is 19.1 Å². The van der Waals surface area contributed by atoms with Gasteiger partial charge < -0.3 is 9.47 Å².